The molecule has 38 heavy (non-hydrogen) atoms. The molecule has 2 heterocycles. The van der Waals surface area contributed by atoms with E-state index in [0.717, 1.165) is 68.9 Å². The first kappa shape index (κ1) is 28.0. The molecule has 204 valence electrons. The van der Waals surface area contributed by atoms with Crippen molar-refractivity contribution in [1.29, 1.82) is 0 Å². The number of amides is 1. The highest BCUT2D eigenvalue weighted by Gasteiger charge is 2.16. The third kappa shape index (κ3) is 8.26. The predicted octanol–water partition coefficient (Wildman–Crippen LogP) is 3.78. The minimum atomic E-state index is -0.115. The van der Waals surface area contributed by atoms with Crippen LogP contribution >= 0.6 is 11.3 Å². The Morgan fingerprint density at radius 1 is 1.05 bits per heavy atom. The van der Waals surface area contributed by atoms with Gasteiger partial charge in [-0.3, -0.25) is 14.6 Å². The van der Waals surface area contributed by atoms with Crippen molar-refractivity contribution in [1.82, 2.24) is 20.1 Å². The van der Waals surface area contributed by atoms with Gasteiger partial charge in [-0.1, -0.05) is 35.9 Å². The van der Waals surface area contributed by atoms with Gasteiger partial charge in [-0.25, -0.2) is 4.98 Å². The second-order valence-corrected chi connectivity index (χ2v) is 10.4. The molecular formula is C29H38N4O4S. The lowest BCUT2D eigenvalue weighted by atomic mass is 10.1. The fourth-order valence-corrected chi connectivity index (χ4v) is 5.23. The van der Waals surface area contributed by atoms with E-state index in [0.29, 0.717) is 18.8 Å². The van der Waals surface area contributed by atoms with Gasteiger partial charge >= 0.3 is 0 Å². The van der Waals surface area contributed by atoms with E-state index in [1.165, 1.54) is 28.0 Å². The number of carbonyl (C=O) groups is 1. The molecule has 9 heteroatoms. The molecule has 1 aromatic heterocycles. The molecule has 1 aliphatic heterocycles. The molecule has 0 bridgehead atoms. The van der Waals surface area contributed by atoms with E-state index in [9.17, 15) is 4.79 Å². The van der Waals surface area contributed by atoms with Crippen molar-refractivity contribution in [2.45, 2.75) is 26.4 Å². The Bertz CT molecular complexity index is 1160. The molecular weight excluding hydrogens is 500 g/mol. The van der Waals surface area contributed by atoms with Crippen LogP contribution in [0.5, 0.6) is 11.5 Å². The summed E-state index contributed by atoms with van der Waals surface area (Å²) in [7, 11) is 3.30. The average Bonchev–Trinajstić information content (AvgIpc) is 3.42. The van der Waals surface area contributed by atoms with Gasteiger partial charge in [0.15, 0.2) is 11.5 Å². The molecule has 1 aliphatic rings. The van der Waals surface area contributed by atoms with Crippen LogP contribution in [0, 0.1) is 6.92 Å². The smallest absolute Gasteiger partial charge is 0.270 e. The van der Waals surface area contributed by atoms with Gasteiger partial charge in [-0.2, -0.15) is 0 Å². The fraction of sp³-hybridized carbons (Fsp3) is 0.448. The Hall–Kier alpha value is -2.98. The van der Waals surface area contributed by atoms with Gasteiger partial charge in [0.05, 0.1) is 34.0 Å². The van der Waals surface area contributed by atoms with Crippen LogP contribution in [0.15, 0.2) is 47.8 Å². The quantitative estimate of drug-likeness (QED) is 0.355. The third-order valence-electron chi connectivity index (χ3n) is 6.65. The Labute approximate surface area is 229 Å². The van der Waals surface area contributed by atoms with Crippen molar-refractivity contribution in [2.24, 2.45) is 0 Å². The van der Waals surface area contributed by atoms with Crippen molar-refractivity contribution >= 4 is 17.2 Å². The maximum Gasteiger partial charge on any atom is 0.270 e. The Kier molecular flexibility index (Phi) is 10.5. The van der Waals surface area contributed by atoms with Gasteiger partial charge < -0.3 is 19.5 Å². The van der Waals surface area contributed by atoms with E-state index in [2.05, 4.69) is 57.4 Å². The predicted molar refractivity (Wildman–Crippen MR) is 150 cm³/mol. The molecule has 0 atom stereocenters. The van der Waals surface area contributed by atoms with E-state index >= 15 is 0 Å². The van der Waals surface area contributed by atoms with E-state index in [1.54, 1.807) is 14.2 Å². The number of morpholine rings is 1. The largest absolute Gasteiger partial charge is 0.493 e. The topological polar surface area (TPSA) is 76.2 Å². The summed E-state index contributed by atoms with van der Waals surface area (Å²) >= 11 is 1.54. The van der Waals surface area contributed by atoms with Gasteiger partial charge in [0, 0.05) is 44.6 Å². The summed E-state index contributed by atoms with van der Waals surface area (Å²) in [5.74, 6) is 1.35. The Balaban J connectivity index is 1.37. The summed E-state index contributed by atoms with van der Waals surface area (Å²) in [4.78, 5) is 22.0. The monoisotopic (exact) mass is 538 g/mol. The maximum atomic E-state index is 12.7. The Morgan fingerprint density at radius 3 is 2.53 bits per heavy atom. The molecule has 1 fully saturated rings. The van der Waals surface area contributed by atoms with Gasteiger partial charge in [0.1, 0.15) is 10.7 Å². The number of carbonyl (C=O) groups excluding carboxylic acids is 1. The number of methoxy groups -OCH3 is 2. The molecule has 1 N–H and O–H groups in total. The molecule has 0 spiro atoms. The first-order chi connectivity index (χ1) is 18.5. The fourth-order valence-electron chi connectivity index (χ4n) is 4.41. The van der Waals surface area contributed by atoms with Crippen LogP contribution in [0.2, 0.25) is 0 Å². The Morgan fingerprint density at radius 2 is 1.79 bits per heavy atom. The number of rotatable bonds is 13. The molecule has 0 aliphatic carbocycles. The maximum absolute atomic E-state index is 12.7. The van der Waals surface area contributed by atoms with Crippen molar-refractivity contribution in [3.8, 4) is 11.5 Å². The summed E-state index contributed by atoms with van der Waals surface area (Å²) < 4.78 is 16.2. The molecule has 0 radical (unpaired) electrons. The minimum absolute atomic E-state index is 0.115. The normalized spacial score (nSPS) is 14.0. The number of aryl methyl sites for hydroxylation is 1. The van der Waals surface area contributed by atoms with E-state index in [4.69, 9.17) is 14.2 Å². The zero-order chi connectivity index (χ0) is 26.7. The standard InChI is InChI=1S/C29H38N4O4S/c1-22-4-6-24(7-5-22)19-33(12-10-23-8-9-26(35-2)27(18-23)36-3)20-28-31-25(21-38-28)29(34)30-11-13-32-14-16-37-17-15-32/h4-9,18,21H,10-17,19-20H2,1-3H3,(H,30,34). The number of hydrogen-bond donors (Lipinski definition) is 1. The number of nitrogens with one attached hydrogen (secondary N) is 1. The van der Waals surface area contributed by atoms with Crippen molar-refractivity contribution in [3.05, 3.63) is 75.2 Å². The van der Waals surface area contributed by atoms with Crippen LogP contribution in [0.3, 0.4) is 0 Å². The minimum Gasteiger partial charge on any atom is -0.493 e. The van der Waals surface area contributed by atoms with E-state index in [1.807, 2.05) is 17.5 Å². The van der Waals surface area contributed by atoms with E-state index in [-0.39, 0.29) is 5.91 Å². The number of aromatic nitrogens is 1. The number of benzene rings is 2. The van der Waals surface area contributed by atoms with Crippen molar-refractivity contribution < 1.29 is 19.0 Å². The number of ether oxygens (including phenoxy) is 3. The van der Waals surface area contributed by atoms with Crippen LogP contribution in [0.25, 0.3) is 0 Å². The van der Waals surface area contributed by atoms with E-state index < -0.39 is 0 Å². The first-order valence-electron chi connectivity index (χ1n) is 13.1. The zero-order valence-electron chi connectivity index (χ0n) is 22.6. The summed E-state index contributed by atoms with van der Waals surface area (Å²) in [6, 6.07) is 14.7. The molecule has 8 nitrogen and oxygen atoms in total. The zero-order valence-corrected chi connectivity index (χ0v) is 23.4. The molecule has 3 aromatic rings. The van der Waals surface area contributed by atoms with Gasteiger partial charge in [-0.05, 0) is 36.6 Å². The first-order valence-corrected chi connectivity index (χ1v) is 13.9. The third-order valence-corrected chi connectivity index (χ3v) is 7.49. The summed E-state index contributed by atoms with van der Waals surface area (Å²) in [6.45, 7) is 9.19. The van der Waals surface area contributed by atoms with Gasteiger partial charge in [0.2, 0.25) is 0 Å². The summed E-state index contributed by atoms with van der Waals surface area (Å²) in [5.41, 5.74) is 4.16. The highest BCUT2D eigenvalue weighted by atomic mass is 32.1. The van der Waals surface area contributed by atoms with Gasteiger partial charge in [0.25, 0.3) is 5.91 Å². The molecule has 1 amide bonds. The second-order valence-electron chi connectivity index (χ2n) is 9.47. The summed E-state index contributed by atoms with van der Waals surface area (Å²) in [6.07, 6.45) is 0.854. The SMILES string of the molecule is COc1ccc(CCN(Cc2ccc(C)cc2)Cc2nc(C(=O)NCCN3CCOCC3)cs2)cc1OC. The molecule has 0 saturated carbocycles. The van der Waals surface area contributed by atoms with Crippen LogP contribution in [-0.2, 0) is 24.2 Å². The lowest BCUT2D eigenvalue weighted by Crippen LogP contribution is -2.41. The number of thiazole rings is 1. The number of hydrogen-bond acceptors (Lipinski definition) is 8. The molecule has 0 unspecified atom stereocenters. The van der Waals surface area contributed by atoms with Gasteiger partial charge in [-0.15, -0.1) is 11.3 Å². The summed E-state index contributed by atoms with van der Waals surface area (Å²) in [5, 5.41) is 5.80. The molecule has 1 saturated heterocycles. The van der Waals surface area contributed by atoms with Crippen molar-refractivity contribution in [3.63, 3.8) is 0 Å². The highest BCUT2D eigenvalue weighted by Crippen LogP contribution is 2.28. The lowest BCUT2D eigenvalue weighted by molar-refractivity contribution is 0.0383. The molecule has 4 rings (SSSR count). The van der Waals surface area contributed by atoms with Crippen molar-refractivity contribution in [2.75, 3.05) is 60.2 Å². The average molecular weight is 539 g/mol. The highest BCUT2D eigenvalue weighted by molar-refractivity contribution is 7.09. The van der Waals surface area contributed by atoms with Crippen LogP contribution in [0.4, 0.5) is 0 Å². The van der Waals surface area contributed by atoms with Crippen LogP contribution < -0.4 is 14.8 Å². The lowest BCUT2D eigenvalue weighted by Gasteiger charge is -2.26. The molecule has 2 aromatic carbocycles. The van der Waals surface area contributed by atoms with Crippen LogP contribution in [0.1, 0.15) is 32.2 Å². The number of nitrogens with zero attached hydrogens (tertiary/aromatic N) is 3. The van der Waals surface area contributed by atoms with Crippen LogP contribution in [-0.4, -0.2) is 80.8 Å². The second kappa shape index (κ2) is 14.2.